The molecule has 0 bridgehead atoms. The summed E-state index contributed by atoms with van der Waals surface area (Å²) < 4.78 is 30.5. The normalized spacial score (nSPS) is 18.0. The van der Waals surface area contributed by atoms with Crippen LogP contribution in [0.15, 0.2) is 70.2 Å². The van der Waals surface area contributed by atoms with E-state index in [0.29, 0.717) is 22.8 Å². The second-order valence-corrected chi connectivity index (χ2v) is 11.1. The average molecular weight is 479 g/mol. The maximum Gasteiger partial charge on any atom is 0.294 e. The molecule has 2 aromatic carbocycles. The molecule has 0 unspecified atom stereocenters. The van der Waals surface area contributed by atoms with Crippen LogP contribution in [0.5, 0.6) is 0 Å². The van der Waals surface area contributed by atoms with Gasteiger partial charge in [0.2, 0.25) is 5.91 Å². The molecular formula is C26H26N2O5S. The average Bonchev–Trinajstić information content (AvgIpc) is 3.44. The van der Waals surface area contributed by atoms with Crippen molar-refractivity contribution in [3.8, 4) is 11.1 Å². The van der Waals surface area contributed by atoms with E-state index >= 15 is 0 Å². The van der Waals surface area contributed by atoms with Crippen molar-refractivity contribution in [1.82, 2.24) is 0 Å². The predicted molar refractivity (Wildman–Crippen MR) is 130 cm³/mol. The van der Waals surface area contributed by atoms with E-state index in [4.69, 9.17) is 4.42 Å². The zero-order valence-corrected chi connectivity index (χ0v) is 19.9. The highest BCUT2D eigenvalue weighted by atomic mass is 32.2. The molecule has 176 valence electrons. The molecule has 7 nitrogen and oxygen atoms in total. The summed E-state index contributed by atoms with van der Waals surface area (Å²) in [7, 11) is -3.29. The van der Waals surface area contributed by atoms with E-state index < -0.39 is 9.84 Å². The zero-order chi connectivity index (χ0) is 24.0. The van der Waals surface area contributed by atoms with Crippen LogP contribution in [0.3, 0.4) is 0 Å². The van der Waals surface area contributed by atoms with Gasteiger partial charge in [0.15, 0.2) is 15.6 Å². The Labute approximate surface area is 198 Å². The first-order valence-corrected chi connectivity index (χ1v) is 13.0. The van der Waals surface area contributed by atoms with Crippen LogP contribution >= 0.6 is 0 Å². The van der Waals surface area contributed by atoms with Gasteiger partial charge in [-0.2, -0.15) is 0 Å². The number of benzene rings is 2. The lowest BCUT2D eigenvalue weighted by Gasteiger charge is -2.40. The Morgan fingerprint density at radius 2 is 1.71 bits per heavy atom. The zero-order valence-electron chi connectivity index (χ0n) is 19.1. The van der Waals surface area contributed by atoms with Crippen molar-refractivity contribution in [3.05, 3.63) is 66.6 Å². The summed E-state index contributed by atoms with van der Waals surface area (Å²) in [6.07, 6.45) is 3.42. The van der Waals surface area contributed by atoms with Crippen LogP contribution in [-0.4, -0.2) is 38.6 Å². The van der Waals surface area contributed by atoms with Gasteiger partial charge in [0.25, 0.3) is 5.91 Å². The maximum absolute atomic E-state index is 13.2. The number of furan rings is 1. The van der Waals surface area contributed by atoms with E-state index in [1.54, 1.807) is 46.2 Å². The summed E-state index contributed by atoms with van der Waals surface area (Å²) in [5.74, 6) is 0.338. The first kappa shape index (κ1) is 22.4. The predicted octanol–water partition coefficient (Wildman–Crippen LogP) is 4.53. The largest absolute Gasteiger partial charge is 0.459 e. The monoisotopic (exact) mass is 478 g/mol. The smallest absolute Gasteiger partial charge is 0.294 e. The highest BCUT2D eigenvalue weighted by Crippen LogP contribution is 2.40. The molecule has 5 rings (SSSR count). The van der Waals surface area contributed by atoms with E-state index in [1.165, 1.54) is 13.2 Å². The number of sulfone groups is 1. The SMILES string of the molecule is CC(=O)N1c2ccc(-c3ccc(S(=O)(=O)CC4CC4)cc3)cc2N(C(=O)c2ccco2)C[C@@H]1C. The maximum atomic E-state index is 13.2. The molecule has 2 aliphatic rings. The Hall–Kier alpha value is -3.39. The molecule has 1 aromatic heterocycles. The van der Waals surface area contributed by atoms with Crippen molar-refractivity contribution in [3.63, 3.8) is 0 Å². The van der Waals surface area contributed by atoms with E-state index in [-0.39, 0.29) is 35.3 Å². The number of nitrogens with zero attached hydrogens (tertiary/aromatic N) is 2. The van der Waals surface area contributed by atoms with Crippen molar-refractivity contribution in [1.29, 1.82) is 0 Å². The van der Waals surface area contributed by atoms with Crippen LogP contribution in [0.4, 0.5) is 11.4 Å². The van der Waals surface area contributed by atoms with E-state index in [2.05, 4.69) is 0 Å². The van der Waals surface area contributed by atoms with Gasteiger partial charge in [0.05, 0.1) is 34.3 Å². The summed E-state index contributed by atoms with van der Waals surface area (Å²) in [6, 6.07) is 15.5. The van der Waals surface area contributed by atoms with Gasteiger partial charge in [-0.25, -0.2) is 8.42 Å². The summed E-state index contributed by atoms with van der Waals surface area (Å²) in [4.78, 5) is 29.2. The van der Waals surface area contributed by atoms with Gasteiger partial charge in [-0.1, -0.05) is 18.2 Å². The highest BCUT2D eigenvalue weighted by Gasteiger charge is 2.35. The Morgan fingerprint density at radius 3 is 2.32 bits per heavy atom. The van der Waals surface area contributed by atoms with Gasteiger partial charge in [-0.3, -0.25) is 9.59 Å². The fourth-order valence-corrected chi connectivity index (χ4v) is 6.25. The second kappa shape index (κ2) is 8.43. The fraction of sp³-hybridized carbons (Fsp3) is 0.308. The first-order chi connectivity index (χ1) is 16.2. The van der Waals surface area contributed by atoms with Gasteiger partial charge in [-0.15, -0.1) is 0 Å². The molecule has 0 saturated heterocycles. The number of hydrogen-bond donors (Lipinski definition) is 0. The Morgan fingerprint density at radius 1 is 1.00 bits per heavy atom. The van der Waals surface area contributed by atoms with Crippen LogP contribution < -0.4 is 9.80 Å². The lowest BCUT2D eigenvalue weighted by atomic mass is 10.0. The van der Waals surface area contributed by atoms with E-state index in [0.717, 1.165) is 24.0 Å². The van der Waals surface area contributed by atoms with Gasteiger partial charge >= 0.3 is 0 Å². The Balaban J connectivity index is 1.52. The molecule has 1 aliphatic heterocycles. The number of anilines is 2. The Bertz CT molecular complexity index is 1340. The number of carbonyl (C=O) groups is 2. The number of hydrogen-bond acceptors (Lipinski definition) is 5. The van der Waals surface area contributed by atoms with Crippen LogP contribution in [0, 0.1) is 5.92 Å². The lowest BCUT2D eigenvalue weighted by molar-refractivity contribution is -0.117. The molecule has 0 radical (unpaired) electrons. The minimum atomic E-state index is -3.29. The van der Waals surface area contributed by atoms with Gasteiger partial charge < -0.3 is 14.2 Å². The molecule has 0 N–H and O–H groups in total. The van der Waals surface area contributed by atoms with Crippen LogP contribution in [0.2, 0.25) is 0 Å². The first-order valence-electron chi connectivity index (χ1n) is 11.4. The minimum Gasteiger partial charge on any atom is -0.459 e. The van der Waals surface area contributed by atoms with E-state index in [1.807, 2.05) is 25.1 Å². The van der Waals surface area contributed by atoms with Gasteiger partial charge in [-0.05, 0) is 73.2 Å². The van der Waals surface area contributed by atoms with E-state index in [9.17, 15) is 18.0 Å². The van der Waals surface area contributed by atoms with Crippen LogP contribution in [-0.2, 0) is 14.6 Å². The summed E-state index contributed by atoms with van der Waals surface area (Å²) >= 11 is 0. The number of fused-ring (bicyclic) bond motifs is 1. The topological polar surface area (TPSA) is 87.9 Å². The number of rotatable bonds is 5. The highest BCUT2D eigenvalue weighted by molar-refractivity contribution is 7.91. The lowest BCUT2D eigenvalue weighted by Crippen LogP contribution is -2.51. The van der Waals surface area contributed by atoms with Crippen molar-refractivity contribution >= 4 is 33.0 Å². The second-order valence-electron chi connectivity index (χ2n) is 9.08. The molecule has 2 amide bonds. The fourth-order valence-electron chi connectivity index (χ4n) is 4.56. The van der Waals surface area contributed by atoms with Gasteiger partial charge in [0.1, 0.15) is 0 Å². The molecule has 1 saturated carbocycles. The molecule has 34 heavy (non-hydrogen) atoms. The van der Waals surface area contributed by atoms with Crippen molar-refractivity contribution < 1.29 is 22.4 Å². The minimum absolute atomic E-state index is 0.100. The van der Waals surface area contributed by atoms with Crippen molar-refractivity contribution in [2.45, 2.75) is 37.6 Å². The summed E-state index contributed by atoms with van der Waals surface area (Å²) in [5, 5.41) is 0. The third-order valence-corrected chi connectivity index (χ3v) is 8.33. The number of carbonyl (C=O) groups excluding carboxylic acids is 2. The standard InChI is InChI=1S/C26H26N2O5S/c1-17-15-27(26(30)25-4-3-13-33-25)24-14-21(9-12-23(24)28(17)18(2)29)20-7-10-22(11-8-20)34(31,32)16-19-5-6-19/h3-4,7-14,17,19H,5-6,15-16H2,1-2H3/t17-/m0/s1. The molecule has 3 aromatic rings. The molecular weight excluding hydrogens is 452 g/mol. The third kappa shape index (κ3) is 4.14. The van der Waals surface area contributed by atoms with Crippen LogP contribution in [0.1, 0.15) is 37.2 Å². The Kier molecular flexibility index (Phi) is 5.56. The molecule has 1 atom stereocenters. The van der Waals surface area contributed by atoms with Crippen molar-refractivity contribution in [2.24, 2.45) is 5.92 Å². The molecule has 1 aliphatic carbocycles. The quantitative estimate of drug-likeness (QED) is 0.538. The molecule has 2 heterocycles. The molecule has 0 spiro atoms. The van der Waals surface area contributed by atoms with Crippen molar-refractivity contribution in [2.75, 3.05) is 22.1 Å². The van der Waals surface area contributed by atoms with Gasteiger partial charge in [0, 0.05) is 13.5 Å². The number of amides is 2. The molecule has 8 heteroatoms. The third-order valence-electron chi connectivity index (χ3n) is 6.43. The molecule has 1 fully saturated rings. The summed E-state index contributed by atoms with van der Waals surface area (Å²) in [5.41, 5.74) is 2.91. The summed E-state index contributed by atoms with van der Waals surface area (Å²) in [6.45, 7) is 3.74. The van der Waals surface area contributed by atoms with Crippen LogP contribution in [0.25, 0.3) is 11.1 Å².